The Labute approximate surface area is 158 Å². The number of benzene rings is 1. The number of nitriles is 1. The highest BCUT2D eigenvalue weighted by Crippen LogP contribution is 2.20. The molecular weight excluding hydrogens is 354 g/mol. The second-order valence-electron chi connectivity index (χ2n) is 6.38. The second-order valence-corrected chi connectivity index (χ2v) is 6.78. The highest BCUT2D eigenvalue weighted by Gasteiger charge is 2.22. The predicted molar refractivity (Wildman–Crippen MR) is 101 cm³/mol. The van der Waals surface area contributed by atoms with Crippen molar-refractivity contribution in [3.8, 4) is 6.07 Å². The molecule has 3 amide bonds. The summed E-state index contributed by atoms with van der Waals surface area (Å²) in [5.74, 6) is 0.0180. The van der Waals surface area contributed by atoms with Gasteiger partial charge in [0.15, 0.2) is 0 Å². The molecule has 1 fully saturated rings. The molecule has 0 bridgehead atoms. The summed E-state index contributed by atoms with van der Waals surface area (Å²) in [6, 6.07) is 6.73. The number of carbonyl (C=O) groups is 2. The number of amides is 3. The molecular formula is C18H24ClN5O2. The third kappa shape index (κ3) is 5.61. The lowest BCUT2D eigenvalue weighted by Crippen LogP contribution is -2.52. The summed E-state index contributed by atoms with van der Waals surface area (Å²) in [6.45, 7) is 6.76. The average molecular weight is 378 g/mol. The van der Waals surface area contributed by atoms with Crippen molar-refractivity contribution in [3.05, 3.63) is 28.8 Å². The first kappa shape index (κ1) is 20.0. The quantitative estimate of drug-likeness (QED) is 0.823. The van der Waals surface area contributed by atoms with Gasteiger partial charge in [0, 0.05) is 37.9 Å². The molecule has 2 rings (SSSR count). The molecule has 0 aromatic heterocycles. The SMILES string of the molecule is CCC(C)NC(=O)CN1CCN(C(=O)Nc2ccc(C#N)c(Cl)c2)CC1. The normalized spacial score (nSPS) is 15.8. The maximum atomic E-state index is 12.4. The minimum absolute atomic E-state index is 0.0180. The van der Waals surface area contributed by atoms with E-state index in [0.29, 0.717) is 49.0 Å². The Hall–Kier alpha value is -2.30. The zero-order valence-electron chi connectivity index (χ0n) is 15.1. The molecule has 1 unspecified atom stereocenters. The minimum atomic E-state index is -0.213. The fourth-order valence-electron chi connectivity index (χ4n) is 2.62. The topological polar surface area (TPSA) is 88.5 Å². The number of anilines is 1. The smallest absolute Gasteiger partial charge is 0.321 e. The number of carbonyl (C=O) groups excluding carboxylic acids is 2. The molecule has 140 valence electrons. The number of hydrogen-bond acceptors (Lipinski definition) is 4. The summed E-state index contributed by atoms with van der Waals surface area (Å²) >= 11 is 5.98. The van der Waals surface area contributed by atoms with E-state index in [4.69, 9.17) is 16.9 Å². The van der Waals surface area contributed by atoms with Gasteiger partial charge in [-0.2, -0.15) is 5.26 Å². The van der Waals surface area contributed by atoms with Gasteiger partial charge in [0.1, 0.15) is 6.07 Å². The van der Waals surface area contributed by atoms with E-state index < -0.39 is 0 Å². The van der Waals surface area contributed by atoms with E-state index in [1.54, 1.807) is 23.1 Å². The van der Waals surface area contributed by atoms with E-state index in [1.165, 1.54) is 0 Å². The zero-order valence-corrected chi connectivity index (χ0v) is 15.8. The van der Waals surface area contributed by atoms with Crippen molar-refractivity contribution in [2.24, 2.45) is 0 Å². The molecule has 1 saturated heterocycles. The van der Waals surface area contributed by atoms with Crippen molar-refractivity contribution >= 4 is 29.2 Å². The Balaban J connectivity index is 1.80. The number of hydrogen-bond donors (Lipinski definition) is 2. The molecule has 26 heavy (non-hydrogen) atoms. The number of halogens is 1. The van der Waals surface area contributed by atoms with Crippen LogP contribution in [0.2, 0.25) is 5.02 Å². The lowest BCUT2D eigenvalue weighted by atomic mass is 10.2. The van der Waals surface area contributed by atoms with Gasteiger partial charge in [-0.05, 0) is 31.5 Å². The Kier molecular flexibility index (Phi) is 7.25. The third-order valence-corrected chi connectivity index (χ3v) is 4.70. The van der Waals surface area contributed by atoms with Crippen LogP contribution in [0.25, 0.3) is 0 Å². The first-order chi connectivity index (χ1) is 12.4. The molecule has 0 radical (unpaired) electrons. The molecule has 1 aliphatic heterocycles. The standard InChI is InChI=1S/C18H24ClN5O2/c1-3-13(2)21-17(25)12-23-6-8-24(9-7-23)18(26)22-15-5-4-14(11-20)16(19)10-15/h4-5,10,13H,3,6-9,12H2,1-2H3,(H,21,25)(H,22,26). The van der Waals surface area contributed by atoms with Crippen LogP contribution in [0.15, 0.2) is 18.2 Å². The van der Waals surface area contributed by atoms with Crippen LogP contribution in [0, 0.1) is 11.3 Å². The molecule has 8 heteroatoms. The predicted octanol–water partition coefficient (Wildman–Crippen LogP) is 2.28. The Morgan fingerprint density at radius 3 is 2.58 bits per heavy atom. The van der Waals surface area contributed by atoms with E-state index in [9.17, 15) is 9.59 Å². The van der Waals surface area contributed by atoms with Crippen LogP contribution in [0.3, 0.4) is 0 Å². The number of nitrogens with one attached hydrogen (secondary N) is 2. The average Bonchev–Trinajstić information content (AvgIpc) is 2.62. The largest absolute Gasteiger partial charge is 0.353 e. The highest BCUT2D eigenvalue weighted by atomic mass is 35.5. The molecule has 1 aliphatic rings. The van der Waals surface area contributed by atoms with Crippen LogP contribution in [-0.4, -0.2) is 60.5 Å². The van der Waals surface area contributed by atoms with Gasteiger partial charge in [-0.3, -0.25) is 9.69 Å². The molecule has 1 heterocycles. The fraction of sp³-hybridized carbons (Fsp3) is 0.500. The van der Waals surface area contributed by atoms with Crippen LogP contribution in [0.1, 0.15) is 25.8 Å². The number of rotatable bonds is 5. The van der Waals surface area contributed by atoms with Crippen LogP contribution in [0.4, 0.5) is 10.5 Å². The first-order valence-corrected chi connectivity index (χ1v) is 9.08. The highest BCUT2D eigenvalue weighted by molar-refractivity contribution is 6.32. The van der Waals surface area contributed by atoms with Gasteiger partial charge in [0.2, 0.25) is 5.91 Å². The minimum Gasteiger partial charge on any atom is -0.353 e. The molecule has 0 saturated carbocycles. The van der Waals surface area contributed by atoms with Crippen LogP contribution in [0.5, 0.6) is 0 Å². The van der Waals surface area contributed by atoms with E-state index in [-0.39, 0.29) is 18.0 Å². The molecule has 1 aromatic rings. The molecule has 2 N–H and O–H groups in total. The Bertz CT molecular complexity index is 695. The summed E-state index contributed by atoms with van der Waals surface area (Å²) in [7, 11) is 0. The molecule has 7 nitrogen and oxygen atoms in total. The van der Waals surface area contributed by atoms with Gasteiger partial charge in [-0.25, -0.2) is 4.79 Å². The van der Waals surface area contributed by atoms with Crippen molar-refractivity contribution in [2.75, 3.05) is 38.0 Å². The van der Waals surface area contributed by atoms with Crippen LogP contribution < -0.4 is 10.6 Å². The van der Waals surface area contributed by atoms with Crippen molar-refractivity contribution in [2.45, 2.75) is 26.3 Å². The van der Waals surface area contributed by atoms with Crippen molar-refractivity contribution < 1.29 is 9.59 Å². The zero-order chi connectivity index (χ0) is 19.1. The van der Waals surface area contributed by atoms with E-state index in [1.807, 2.05) is 24.8 Å². The van der Waals surface area contributed by atoms with E-state index in [0.717, 1.165) is 6.42 Å². The van der Waals surface area contributed by atoms with Crippen molar-refractivity contribution in [1.82, 2.24) is 15.1 Å². The summed E-state index contributed by atoms with van der Waals surface area (Å²) in [6.07, 6.45) is 0.902. The summed E-state index contributed by atoms with van der Waals surface area (Å²) in [5, 5.41) is 14.9. The van der Waals surface area contributed by atoms with Crippen LogP contribution >= 0.6 is 11.6 Å². The molecule has 0 aliphatic carbocycles. The van der Waals surface area contributed by atoms with Gasteiger partial charge < -0.3 is 15.5 Å². The maximum absolute atomic E-state index is 12.4. The van der Waals surface area contributed by atoms with Gasteiger partial charge in [-0.15, -0.1) is 0 Å². The van der Waals surface area contributed by atoms with Gasteiger partial charge in [0.25, 0.3) is 0 Å². The monoisotopic (exact) mass is 377 g/mol. The lowest BCUT2D eigenvalue weighted by Gasteiger charge is -2.34. The number of urea groups is 1. The molecule has 0 spiro atoms. The first-order valence-electron chi connectivity index (χ1n) is 8.70. The summed E-state index contributed by atoms with van der Waals surface area (Å²) in [5.41, 5.74) is 0.920. The fourth-order valence-corrected chi connectivity index (χ4v) is 2.84. The Morgan fingerprint density at radius 1 is 1.31 bits per heavy atom. The van der Waals surface area contributed by atoms with E-state index in [2.05, 4.69) is 10.6 Å². The maximum Gasteiger partial charge on any atom is 0.321 e. The summed E-state index contributed by atoms with van der Waals surface area (Å²) in [4.78, 5) is 28.0. The van der Waals surface area contributed by atoms with Gasteiger partial charge in [0.05, 0.1) is 17.1 Å². The van der Waals surface area contributed by atoms with Crippen LogP contribution in [-0.2, 0) is 4.79 Å². The second kappa shape index (κ2) is 9.41. The number of nitrogens with zero attached hydrogens (tertiary/aromatic N) is 3. The molecule has 1 aromatic carbocycles. The van der Waals surface area contributed by atoms with Gasteiger partial charge >= 0.3 is 6.03 Å². The van der Waals surface area contributed by atoms with Crippen molar-refractivity contribution in [3.63, 3.8) is 0 Å². The van der Waals surface area contributed by atoms with Gasteiger partial charge in [-0.1, -0.05) is 18.5 Å². The van der Waals surface area contributed by atoms with E-state index >= 15 is 0 Å². The third-order valence-electron chi connectivity index (χ3n) is 4.39. The Morgan fingerprint density at radius 2 is 2.00 bits per heavy atom. The lowest BCUT2D eigenvalue weighted by molar-refractivity contribution is -0.123. The summed E-state index contributed by atoms with van der Waals surface area (Å²) < 4.78 is 0. The number of piperazine rings is 1. The molecule has 1 atom stereocenters. The van der Waals surface area contributed by atoms with Crippen molar-refractivity contribution in [1.29, 1.82) is 5.26 Å².